The lowest BCUT2D eigenvalue weighted by molar-refractivity contribution is -0.136. The number of carbonyl (C=O) groups is 1. The minimum atomic E-state index is -0.871. The van der Waals surface area contributed by atoms with Crippen molar-refractivity contribution in [1.29, 1.82) is 0 Å². The summed E-state index contributed by atoms with van der Waals surface area (Å²) in [7, 11) is 0. The van der Waals surface area contributed by atoms with Gasteiger partial charge in [-0.05, 0) is 12.1 Å². The van der Waals surface area contributed by atoms with Gasteiger partial charge >= 0.3 is 5.97 Å². The highest BCUT2D eigenvalue weighted by Crippen LogP contribution is 2.30. The van der Waals surface area contributed by atoms with Gasteiger partial charge in [0.05, 0.1) is 22.2 Å². The van der Waals surface area contributed by atoms with Crippen LogP contribution in [0.3, 0.4) is 0 Å². The highest BCUT2D eigenvalue weighted by atomic mass is 35.5. The van der Waals surface area contributed by atoms with Crippen molar-refractivity contribution in [2.75, 3.05) is 5.32 Å². The fourth-order valence-electron chi connectivity index (χ4n) is 1.47. The maximum absolute atomic E-state index is 13.3. The predicted octanol–water partition coefficient (Wildman–Crippen LogP) is 4.35. The summed E-state index contributed by atoms with van der Waals surface area (Å²) in [6.07, 6.45) is 0.385. The van der Waals surface area contributed by atoms with Gasteiger partial charge in [0.2, 0.25) is 0 Å². The smallest absolute Gasteiger partial charge is 0.303 e. The molecule has 0 amide bonds. The number of thiazole rings is 1. The van der Waals surface area contributed by atoms with Crippen LogP contribution in [0.4, 0.5) is 15.2 Å². The van der Waals surface area contributed by atoms with Crippen molar-refractivity contribution < 1.29 is 14.3 Å². The second kappa shape index (κ2) is 6.39. The lowest BCUT2D eigenvalue weighted by atomic mass is 10.2. The van der Waals surface area contributed by atoms with Crippen molar-refractivity contribution in [2.45, 2.75) is 12.8 Å². The zero-order valence-electron chi connectivity index (χ0n) is 9.99. The van der Waals surface area contributed by atoms with Crippen LogP contribution < -0.4 is 5.32 Å². The lowest BCUT2D eigenvalue weighted by Gasteiger charge is -2.05. The zero-order chi connectivity index (χ0) is 14.7. The van der Waals surface area contributed by atoms with Gasteiger partial charge in [0.15, 0.2) is 10.9 Å². The van der Waals surface area contributed by atoms with Gasteiger partial charge in [-0.2, -0.15) is 0 Å². The van der Waals surface area contributed by atoms with Crippen molar-refractivity contribution >= 4 is 51.3 Å². The van der Waals surface area contributed by atoms with Crippen LogP contribution in [0.2, 0.25) is 10.0 Å². The first-order valence-corrected chi connectivity index (χ1v) is 7.17. The molecule has 0 aliphatic carbocycles. The first-order valence-electron chi connectivity index (χ1n) is 5.53. The summed E-state index contributed by atoms with van der Waals surface area (Å²) in [6, 6.07) is 2.81. The molecule has 2 aromatic rings. The average Bonchev–Trinajstić information content (AvgIpc) is 2.81. The Morgan fingerprint density at radius 2 is 2.05 bits per heavy atom. The fourth-order valence-corrected chi connectivity index (χ4v) is 2.72. The topological polar surface area (TPSA) is 62.2 Å². The van der Waals surface area contributed by atoms with Crippen LogP contribution in [-0.4, -0.2) is 16.1 Å². The predicted molar refractivity (Wildman–Crippen MR) is 77.8 cm³/mol. The van der Waals surface area contributed by atoms with E-state index in [2.05, 4.69) is 10.3 Å². The number of nitrogens with one attached hydrogen (secondary N) is 1. The Morgan fingerprint density at radius 3 is 2.65 bits per heavy atom. The van der Waals surface area contributed by atoms with E-state index in [1.807, 2.05) is 0 Å². The number of aliphatic carboxylic acids is 1. The number of carboxylic acids is 1. The number of nitrogens with zero attached hydrogens (tertiary/aromatic N) is 1. The Balaban J connectivity index is 2.09. The van der Waals surface area contributed by atoms with Gasteiger partial charge < -0.3 is 10.4 Å². The molecule has 20 heavy (non-hydrogen) atoms. The second-order valence-corrected chi connectivity index (χ2v) is 5.59. The second-order valence-electron chi connectivity index (χ2n) is 3.92. The number of hydrogen-bond acceptors (Lipinski definition) is 4. The number of halogens is 3. The van der Waals surface area contributed by atoms with Crippen LogP contribution in [0.1, 0.15) is 12.1 Å². The van der Waals surface area contributed by atoms with Gasteiger partial charge in [-0.15, -0.1) is 11.3 Å². The minimum Gasteiger partial charge on any atom is -0.481 e. The van der Waals surface area contributed by atoms with E-state index in [-0.39, 0.29) is 16.5 Å². The number of hydrogen-bond donors (Lipinski definition) is 2. The summed E-state index contributed by atoms with van der Waals surface area (Å²) in [4.78, 5) is 14.7. The molecule has 0 aliphatic heterocycles. The summed E-state index contributed by atoms with van der Waals surface area (Å²) in [5.41, 5.74) is 1.19. The van der Waals surface area contributed by atoms with E-state index in [9.17, 15) is 9.18 Å². The third-order valence-corrected chi connectivity index (χ3v) is 3.74. The molecule has 0 spiro atoms. The van der Waals surface area contributed by atoms with Gasteiger partial charge in [0, 0.05) is 17.5 Å². The number of aromatic nitrogens is 1. The molecular weight excluding hydrogens is 326 g/mol. The van der Waals surface area contributed by atoms with Crippen molar-refractivity contribution in [3.63, 3.8) is 0 Å². The molecule has 1 aromatic carbocycles. The molecule has 0 unspecified atom stereocenters. The maximum atomic E-state index is 13.3. The van der Waals surface area contributed by atoms with Crippen LogP contribution in [0.25, 0.3) is 0 Å². The lowest BCUT2D eigenvalue weighted by Crippen LogP contribution is -1.98. The molecule has 0 fully saturated rings. The molecule has 0 bridgehead atoms. The summed E-state index contributed by atoms with van der Waals surface area (Å²) in [5, 5.41) is 13.7. The quantitative estimate of drug-likeness (QED) is 0.798. The molecule has 1 heterocycles. The summed E-state index contributed by atoms with van der Waals surface area (Å²) >= 11 is 12.7. The third-order valence-electron chi connectivity index (χ3n) is 2.38. The van der Waals surface area contributed by atoms with Gasteiger partial charge in [0.1, 0.15) is 0 Å². The Bertz CT molecular complexity index is 625. The summed E-state index contributed by atoms with van der Waals surface area (Å²) < 4.78 is 13.3. The number of benzene rings is 1. The number of carboxylic acid groups (broad SMARTS) is 1. The van der Waals surface area contributed by atoms with E-state index >= 15 is 0 Å². The van der Waals surface area contributed by atoms with Gasteiger partial charge in [0.25, 0.3) is 0 Å². The van der Waals surface area contributed by atoms with Crippen LogP contribution >= 0.6 is 34.5 Å². The van der Waals surface area contributed by atoms with E-state index in [4.69, 9.17) is 28.3 Å². The van der Waals surface area contributed by atoms with Crippen LogP contribution in [0, 0.1) is 5.82 Å². The van der Waals surface area contributed by atoms with Crippen molar-refractivity contribution in [2.24, 2.45) is 0 Å². The molecular formula is C12H9Cl2FN2O2S. The number of aryl methyl sites for hydroxylation is 1. The van der Waals surface area contributed by atoms with E-state index in [1.165, 1.54) is 23.5 Å². The Morgan fingerprint density at radius 1 is 1.40 bits per heavy atom. The van der Waals surface area contributed by atoms with Crippen LogP contribution in [0.15, 0.2) is 17.5 Å². The molecule has 0 aliphatic rings. The van der Waals surface area contributed by atoms with E-state index in [0.717, 1.165) is 0 Å². The van der Waals surface area contributed by atoms with Crippen LogP contribution in [0.5, 0.6) is 0 Å². The molecule has 0 radical (unpaired) electrons. The molecule has 1 aromatic heterocycles. The van der Waals surface area contributed by atoms with Gasteiger partial charge in [-0.1, -0.05) is 23.2 Å². The summed E-state index contributed by atoms with van der Waals surface area (Å²) in [5.74, 6) is -1.54. The SMILES string of the molecule is O=C(O)CCc1csc(Nc2cc(Cl)c(F)c(Cl)c2)n1. The largest absolute Gasteiger partial charge is 0.481 e. The molecule has 2 N–H and O–H groups in total. The van der Waals surface area contributed by atoms with E-state index in [0.29, 0.717) is 22.9 Å². The molecule has 106 valence electrons. The normalized spacial score (nSPS) is 10.6. The first-order chi connectivity index (χ1) is 9.45. The third kappa shape index (κ3) is 3.82. The molecule has 0 saturated carbocycles. The van der Waals surface area contributed by atoms with Crippen molar-refractivity contribution in [1.82, 2.24) is 4.98 Å². The monoisotopic (exact) mass is 334 g/mol. The van der Waals surface area contributed by atoms with Crippen LogP contribution in [-0.2, 0) is 11.2 Å². The fraction of sp³-hybridized carbons (Fsp3) is 0.167. The Kier molecular flexibility index (Phi) is 4.80. The highest BCUT2D eigenvalue weighted by Gasteiger charge is 2.09. The van der Waals surface area contributed by atoms with Crippen molar-refractivity contribution in [3.05, 3.63) is 39.1 Å². The summed E-state index contributed by atoms with van der Waals surface area (Å²) in [6.45, 7) is 0. The van der Waals surface area contributed by atoms with Crippen molar-refractivity contribution in [3.8, 4) is 0 Å². The van der Waals surface area contributed by atoms with E-state index < -0.39 is 11.8 Å². The molecule has 2 rings (SSSR count). The molecule has 4 nitrogen and oxygen atoms in total. The molecule has 0 saturated heterocycles. The van der Waals surface area contributed by atoms with E-state index in [1.54, 1.807) is 5.38 Å². The number of rotatable bonds is 5. The molecule has 0 atom stereocenters. The Labute approximate surface area is 128 Å². The highest BCUT2D eigenvalue weighted by molar-refractivity contribution is 7.13. The maximum Gasteiger partial charge on any atom is 0.303 e. The first kappa shape index (κ1) is 15.0. The van der Waals surface area contributed by atoms with Gasteiger partial charge in [-0.25, -0.2) is 9.37 Å². The zero-order valence-corrected chi connectivity index (χ0v) is 12.3. The average molecular weight is 335 g/mol. The Hall–Kier alpha value is -1.37. The standard InChI is InChI=1S/C12H9Cl2FN2O2S/c13-8-3-7(4-9(14)11(8)15)17-12-16-6(5-20-12)1-2-10(18)19/h3-5H,1-2H2,(H,16,17)(H,18,19). The number of anilines is 2. The minimum absolute atomic E-state index is 0.0252. The van der Waals surface area contributed by atoms with Gasteiger partial charge in [-0.3, -0.25) is 4.79 Å². The molecule has 8 heteroatoms.